The van der Waals surface area contributed by atoms with Gasteiger partial charge in [0.1, 0.15) is 11.8 Å². The molecule has 2 aromatic rings. The summed E-state index contributed by atoms with van der Waals surface area (Å²) in [6, 6.07) is 5.82. The van der Waals surface area contributed by atoms with Crippen molar-refractivity contribution >= 4 is 11.8 Å². The summed E-state index contributed by atoms with van der Waals surface area (Å²) >= 11 is 0. The lowest BCUT2D eigenvalue weighted by molar-refractivity contribution is -0.130. The number of H-pyrrole nitrogens is 1. The zero-order valence-corrected chi connectivity index (χ0v) is 16.4. The molecule has 1 N–H and O–H groups in total. The average Bonchev–Trinajstić information content (AvgIpc) is 3.10. The summed E-state index contributed by atoms with van der Waals surface area (Å²) in [7, 11) is 0. The Balaban J connectivity index is 1.39. The van der Waals surface area contributed by atoms with E-state index >= 15 is 0 Å². The molecule has 2 amide bonds. The molecule has 1 atom stereocenters. The molecular formula is C21H26N4O3. The van der Waals surface area contributed by atoms with E-state index in [0.717, 1.165) is 30.5 Å². The van der Waals surface area contributed by atoms with E-state index in [1.54, 1.807) is 18.0 Å². The number of carbonyl (C=O) groups excluding carboxylic acids is 2. The van der Waals surface area contributed by atoms with Crippen molar-refractivity contribution in [2.45, 2.75) is 38.7 Å². The molecule has 0 bridgehead atoms. The monoisotopic (exact) mass is 382 g/mol. The number of aromatic amines is 1. The Bertz CT molecular complexity index is 872. The second-order valence-corrected chi connectivity index (χ2v) is 7.74. The van der Waals surface area contributed by atoms with Crippen molar-refractivity contribution in [2.75, 3.05) is 26.2 Å². The normalized spacial score (nSPS) is 20.0. The molecule has 2 saturated heterocycles. The molecule has 0 aromatic carbocycles. The number of nitrogens with zero attached hydrogens (tertiary/aromatic N) is 3. The number of amides is 2. The summed E-state index contributed by atoms with van der Waals surface area (Å²) in [4.78, 5) is 35.3. The van der Waals surface area contributed by atoms with E-state index in [9.17, 15) is 9.59 Å². The number of aromatic nitrogens is 2. The molecule has 7 heteroatoms. The van der Waals surface area contributed by atoms with E-state index in [1.807, 2.05) is 36.2 Å². The van der Waals surface area contributed by atoms with Crippen LogP contribution >= 0.6 is 0 Å². The first kappa shape index (κ1) is 18.5. The Morgan fingerprint density at radius 1 is 1.25 bits per heavy atom. The Hall–Kier alpha value is -2.83. The van der Waals surface area contributed by atoms with Crippen molar-refractivity contribution in [3.05, 3.63) is 47.4 Å². The molecule has 1 unspecified atom stereocenters. The predicted molar refractivity (Wildman–Crippen MR) is 104 cm³/mol. The lowest BCUT2D eigenvalue weighted by atomic mass is 9.91. The third-order valence-corrected chi connectivity index (χ3v) is 5.58. The number of hydrogen-bond acceptors (Lipinski definition) is 4. The largest absolute Gasteiger partial charge is 0.470 e. The zero-order valence-electron chi connectivity index (χ0n) is 16.4. The van der Waals surface area contributed by atoms with Crippen LogP contribution in [0.4, 0.5) is 0 Å². The number of carbonyl (C=O) groups is 2. The van der Waals surface area contributed by atoms with Crippen LogP contribution in [-0.2, 0) is 4.79 Å². The van der Waals surface area contributed by atoms with Gasteiger partial charge < -0.3 is 19.5 Å². The van der Waals surface area contributed by atoms with Gasteiger partial charge in [-0.2, -0.15) is 0 Å². The van der Waals surface area contributed by atoms with Crippen molar-refractivity contribution in [1.29, 1.82) is 0 Å². The first-order valence-electron chi connectivity index (χ1n) is 9.82. The highest BCUT2D eigenvalue weighted by Crippen LogP contribution is 2.33. The Kier molecular flexibility index (Phi) is 5.07. The van der Waals surface area contributed by atoms with E-state index in [2.05, 4.69) is 9.97 Å². The fraction of sp³-hybridized carbons (Fsp3) is 0.476. The minimum absolute atomic E-state index is 0.00132. The van der Waals surface area contributed by atoms with Gasteiger partial charge in [-0.25, -0.2) is 4.98 Å². The number of likely N-dealkylation sites (tertiary alicyclic amines) is 2. The van der Waals surface area contributed by atoms with Gasteiger partial charge in [0.05, 0.1) is 13.1 Å². The van der Waals surface area contributed by atoms with Crippen LogP contribution in [0, 0.1) is 6.92 Å². The quantitative estimate of drug-likeness (QED) is 0.880. The molecular weight excluding hydrogens is 356 g/mol. The lowest BCUT2D eigenvalue weighted by Gasteiger charge is -2.39. The van der Waals surface area contributed by atoms with Crippen LogP contribution in [-0.4, -0.2) is 63.9 Å². The molecule has 0 saturated carbocycles. The molecule has 2 aliphatic heterocycles. The van der Waals surface area contributed by atoms with Gasteiger partial charge in [-0.1, -0.05) is 6.07 Å². The van der Waals surface area contributed by atoms with Crippen molar-refractivity contribution in [2.24, 2.45) is 0 Å². The standard InChI is InChI=1S/C21H26N4O3/c1-14-9-19(23-10-14)21(27)25-12-17(13-25)28-20-18(6-3-7-22-20)16-5-4-8-24(11-16)15(2)26/h3,6-7,9-10,16-17,23H,4-5,8,11-13H2,1-2H3. The summed E-state index contributed by atoms with van der Waals surface area (Å²) < 4.78 is 6.13. The maximum atomic E-state index is 12.4. The van der Waals surface area contributed by atoms with Gasteiger partial charge in [-0.15, -0.1) is 0 Å². The SMILES string of the molecule is CC(=O)N1CCCC(c2cccnc2OC2CN(C(=O)c3cc(C)c[nH]3)C2)C1. The Morgan fingerprint density at radius 2 is 2.07 bits per heavy atom. The van der Waals surface area contributed by atoms with Gasteiger partial charge in [0, 0.05) is 43.9 Å². The van der Waals surface area contributed by atoms with E-state index in [-0.39, 0.29) is 23.8 Å². The minimum atomic E-state index is -0.0545. The van der Waals surface area contributed by atoms with Gasteiger partial charge in [0.15, 0.2) is 0 Å². The number of piperidine rings is 1. The van der Waals surface area contributed by atoms with Gasteiger partial charge in [-0.05, 0) is 37.5 Å². The molecule has 7 nitrogen and oxygen atoms in total. The van der Waals surface area contributed by atoms with Crippen LogP contribution in [0.5, 0.6) is 5.88 Å². The third-order valence-electron chi connectivity index (χ3n) is 5.58. The molecule has 4 heterocycles. The van der Waals surface area contributed by atoms with Crippen LogP contribution in [0.15, 0.2) is 30.6 Å². The fourth-order valence-corrected chi connectivity index (χ4v) is 3.96. The number of hydrogen-bond donors (Lipinski definition) is 1. The minimum Gasteiger partial charge on any atom is -0.470 e. The summed E-state index contributed by atoms with van der Waals surface area (Å²) in [5.41, 5.74) is 2.71. The van der Waals surface area contributed by atoms with Crippen LogP contribution in [0.1, 0.15) is 47.3 Å². The van der Waals surface area contributed by atoms with Gasteiger partial charge in [-0.3, -0.25) is 9.59 Å². The van der Waals surface area contributed by atoms with Crippen molar-refractivity contribution < 1.29 is 14.3 Å². The number of rotatable bonds is 4. The smallest absolute Gasteiger partial charge is 0.270 e. The first-order chi connectivity index (χ1) is 13.5. The van der Waals surface area contributed by atoms with E-state index in [1.165, 1.54) is 0 Å². The molecule has 2 aliphatic rings. The van der Waals surface area contributed by atoms with Gasteiger partial charge in [0.2, 0.25) is 11.8 Å². The van der Waals surface area contributed by atoms with E-state index in [0.29, 0.717) is 31.2 Å². The van der Waals surface area contributed by atoms with Crippen LogP contribution in [0.2, 0.25) is 0 Å². The van der Waals surface area contributed by atoms with Crippen LogP contribution in [0.3, 0.4) is 0 Å². The summed E-state index contributed by atoms with van der Waals surface area (Å²) in [5.74, 6) is 0.981. The molecule has 0 spiro atoms. The molecule has 0 aliphatic carbocycles. The zero-order chi connectivity index (χ0) is 19.7. The maximum Gasteiger partial charge on any atom is 0.270 e. The Labute approximate surface area is 164 Å². The number of aryl methyl sites for hydroxylation is 1. The maximum absolute atomic E-state index is 12.4. The molecule has 148 valence electrons. The first-order valence-corrected chi connectivity index (χ1v) is 9.82. The summed E-state index contributed by atoms with van der Waals surface area (Å²) in [5, 5.41) is 0. The number of pyridine rings is 1. The van der Waals surface area contributed by atoms with Crippen LogP contribution < -0.4 is 4.74 Å². The van der Waals surface area contributed by atoms with Crippen molar-refractivity contribution in [3.8, 4) is 5.88 Å². The highest BCUT2D eigenvalue weighted by Gasteiger charge is 2.35. The molecule has 0 radical (unpaired) electrons. The third kappa shape index (κ3) is 3.74. The van der Waals surface area contributed by atoms with Crippen molar-refractivity contribution in [1.82, 2.24) is 19.8 Å². The van der Waals surface area contributed by atoms with Crippen molar-refractivity contribution in [3.63, 3.8) is 0 Å². The second-order valence-electron chi connectivity index (χ2n) is 7.74. The number of nitrogens with one attached hydrogen (secondary N) is 1. The highest BCUT2D eigenvalue weighted by molar-refractivity contribution is 5.93. The van der Waals surface area contributed by atoms with E-state index < -0.39 is 0 Å². The topological polar surface area (TPSA) is 78.5 Å². The Morgan fingerprint density at radius 3 is 2.79 bits per heavy atom. The summed E-state index contributed by atoms with van der Waals surface area (Å²) in [6.45, 7) is 6.21. The van der Waals surface area contributed by atoms with Crippen LogP contribution in [0.25, 0.3) is 0 Å². The van der Waals surface area contributed by atoms with Gasteiger partial charge in [0.25, 0.3) is 5.91 Å². The molecule has 28 heavy (non-hydrogen) atoms. The average molecular weight is 382 g/mol. The molecule has 4 rings (SSSR count). The highest BCUT2D eigenvalue weighted by atomic mass is 16.5. The second kappa shape index (κ2) is 7.66. The van der Waals surface area contributed by atoms with E-state index in [4.69, 9.17) is 4.74 Å². The fourth-order valence-electron chi connectivity index (χ4n) is 3.96. The lowest BCUT2D eigenvalue weighted by Crippen LogP contribution is -2.56. The van der Waals surface area contributed by atoms with Gasteiger partial charge >= 0.3 is 0 Å². The number of ether oxygens (including phenoxy) is 1. The summed E-state index contributed by atoms with van der Waals surface area (Å²) in [6.07, 6.45) is 5.51. The molecule has 2 aromatic heterocycles. The molecule has 2 fully saturated rings. The predicted octanol–water partition coefficient (Wildman–Crippen LogP) is 2.35.